The highest BCUT2D eigenvalue weighted by molar-refractivity contribution is 7.45. The molecule has 0 aliphatic carbocycles. The maximum Gasteiger partial charge on any atom is 0.466 e. The van der Waals surface area contributed by atoms with Gasteiger partial charge in [0.25, 0.3) is 0 Å². The Bertz CT molecular complexity index is 2640. The fourth-order valence-electron chi connectivity index (χ4n) is 6.03. The Balaban J connectivity index is -0.000000234. The monoisotopic (exact) mass is 1470 g/mol. The molecule has 0 atom stereocenters. The third-order valence-electron chi connectivity index (χ3n) is 10.2. The summed E-state index contributed by atoms with van der Waals surface area (Å²) in [5, 5.41) is 73.0. The van der Waals surface area contributed by atoms with Crippen LogP contribution in [0.25, 0.3) is 0 Å². The molecule has 528 valence electrons. The summed E-state index contributed by atoms with van der Waals surface area (Å²) in [5.74, 6) is -10.00. The average Bonchev–Trinajstić information content (AvgIpc) is 1.33. The predicted octanol–water partition coefficient (Wildman–Crippen LogP) is 3.12. The smallest absolute Gasteiger partial charge is 0.466 e. The van der Waals surface area contributed by atoms with Crippen molar-refractivity contribution in [3.63, 3.8) is 0 Å². The van der Waals surface area contributed by atoms with Crippen LogP contribution in [0.5, 0.6) is 5.75 Å². The van der Waals surface area contributed by atoms with Crippen LogP contribution in [0.15, 0.2) is 134 Å². The molecule has 0 radical (unpaired) electrons. The van der Waals surface area contributed by atoms with E-state index in [9.17, 15) is 52.7 Å². The summed E-state index contributed by atoms with van der Waals surface area (Å²) < 4.78 is 47.0. The first-order valence-corrected chi connectivity index (χ1v) is 33.6. The van der Waals surface area contributed by atoms with Crippen molar-refractivity contribution in [2.75, 3.05) is 6.61 Å². The van der Waals surface area contributed by atoms with E-state index in [1.54, 1.807) is 66.7 Å². The van der Waals surface area contributed by atoms with Crippen LogP contribution in [-0.2, 0) is 81.5 Å². The first-order chi connectivity index (χ1) is 43.9. The number of carbonyl (C=O) groups excluding carboxylic acids is 3. The Labute approximate surface area is 550 Å². The molecule has 0 aliphatic rings. The highest BCUT2D eigenvalue weighted by Gasteiger charge is 2.13. The van der Waals surface area contributed by atoms with Gasteiger partial charge in [-0.05, 0) is 48.1 Å². The van der Waals surface area contributed by atoms with E-state index in [-0.39, 0.29) is 32.3 Å². The Morgan fingerprint density at radius 1 is 0.457 bits per heavy atom. The van der Waals surface area contributed by atoms with E-state index in [4.69, 9.17) is 83.8 Å². The number of unbranched alkanes of at least 4 members (excludes halogenated alkanes) is 12. The SMILES string of the molecule is C=CCCC(=O)O.CC(=O)OO.CCCCCCCCCCCCCCCC(=O)O.O=C(O)C(=O)Cc1ccccc1.O=C(O)CCC(=O)C(=O)O.O=C(O)CCc1ccccc1.O=C(O)COc1ccccc1.O=C(O)Cc1ccccc1.O=P(O)(O)O.[O-][I+3]([O-])([O-])O. The number of para-hydroxylation sites is 1. The number of halogens is 1. The van der Waals surface area contributed by atoms with Crippen LogP contribution in [0.3, 0.4) is 0 Å². The van der Waals surface area contributed by atoms with E-state index in [1.807, 2.05) is 60.7 Å². The lowest BCUT2D eigenvalue weighted by molar-refractivity contribution is -1.92. The molecule has 0 saturated heterocycles. The molecule has 0 aromatic heterocycles. The van der Waals surface area contributed by atoms with Gasteiger partial charge in [0.2, 0.25) is 11.6 Å². The molecule has 0 amide bonds. The number of hydrogen-bond acceptors (Lipinski definition) is 19. The molecule has 4 aromatic rings. The second-order valence-corrected chi connectivity index (χ2v) is 21.8. The maximum absolute atomic E-state index is 10.7. The summed E-state index contributed by atoms with van der Waals surface area (Å²) in [4.78, 5) is 135. The standard InChI is InChI=1S/C16H32O2.C9H8O3.C9H10O2.C8H8O3.C8H8O2.C5H6O5.C5H8O2.C2H4O3.HIO4.H3O4P/c1-2-3-4-5-6-7-8-9-10-11-12-13-14-15-16(17)18;10-8(9(11)12)6-7-4-2-1-3-5-7;10-9(11)7-6-8-4-2-1-3-5-8;9-8(10)6-11-7-4-2-1-3-5-7;9-8(10)6-7-4-2-1-3-5-7;6-3(5(9)10)1-2-4(7)8;1-2-3-4-5(6)7;1-2(3)5-4;2-1(3,4)5;1-5(2,3)4/h2-15H2,1H3,(H,17,18);1-5H,6H2,(H,11,12);1-5H,6-7H2,(H,10,11);1-5H,6H2,(H,9,10);1-5H,6H2,(H,9,10);1-2H2,(H,7,8)(H,9,10);2H,1,3-4H2,(H,6,7);4H,1H3;2H;(H3,1,2,3,4). The van der Waals surface area contributed by atoms with Gasteiger partial charge in [0, 0.05) is 42.5 Å². The Kier molecular flexibility index (Phi) is 68.0. The number of carboxylic acid groups (broad SMARTS) is 8. The van der Waals surface area contributed by atoms with Crippen LogP contribution in [0.1, 0.15) is 153 Å². The minimum absolute atomic E-state index is 0.0316. The average molecular weight is 1470 g/mol. The van der Waals surface area contributed by atoms with Gasteiger partial charge in [-0.25, -0.2) is 23.7 Å². The summed E-state index contributed by atoms with van der Waals surface area (Å²) in [6.07, 6.45) is 19.7. The number of ether oxygens (including phenoxy) is 1. The van der Waals surface area contributed by atoms with Crippen LogP contribution < -0.4 is 35.1 Å². The van der Waals surface area contributed by atoms with Crippen LogP contribution >= 0.6 is 7.82 Å². The van der Waals surface area contributed by atoms with Crippen LogP contribution in [0, 0.1) is 0 Å². The number of phosphoric acid groups is 1. The van der Waals surface area contributed by atoms with Crippen molar-refractivity contribution in [3.8, 4) is 5.75 Å². The number of allylic oxidation sites excluding steroid dienone is 1. The lowest BCUT2D eigenvalue weighted by Gasteiger charge is -2.02. The van der Waals surface area contributed by atoms with Crippen molar-refractivity contribution in [2.24, 2.45) is 0 Å². The quantitative estimate of drug-likeness (QED) is 0.00635. The van der Waals surface area contributed by atoms with Gasteiger partial charge in [-0.15, -0.1) is 6.58 Å². The van der Waals surface area contributed by atoms with E-state index in [2.05, 4.69) is 18.4 Å². The van der Waals surface area contributed by atoms with Crippen molar-refractivity contribution in [3.05, 3.63) is 151 Å². The van der Waals surface area contributed by atoms with E-state index in [0.29, 0.717) is 25.0 Å². The zero-order chi connectivity index (χ0) is 73.2. The first kappa shape index (κ1) is 96.7. The van der Waals surface area contributed by atoms with Gasteiger partial charge in [0.15, 0.2) is 6.61 Å². The molecule has 30 nitrogen and oxygen atoms in total. The van der Waals surface area contributed by atoms with Crippen molar-refractivity contribution in [1.82, 2.24) is 0 Å². The molecule has 4 rings (SSSR count). The fraction of sp³-hybridized carbons (Fsp3) is 0.403. The lowest BCUT2D eigenvalue weighted by Crippen LogP contribution is -4.23. The minimum atomic E-state index is -5.69. The number of Topliss-reactive ketones (excluding diaryl/α,β-unsaturated/α-hetero) is 2. The van der Waals surface area contributed by atoms with Gasteiger partial charge < -0.3 is 65.2 Å². The Morgan fingerprint density at radius 2 is 0.777 bits per heavy atom. The second-order valence-electron chi connectivity index (χ2n) is 18.5. The molecule has 0 heterocycles. The molecular weight excluding hydrogens is 1380 g/mol. The summed E-state index contributed by atoms with van der Waals surface area (Å²) in [7, 11) is -4.64. The summed E-state index contributed by atoms with van der Waals surface area (Å²) in [5.41, 5.74) is 2.65. The number of rotatable bonds is 32. The van der Waals surface area contributed by atoms with Crippen molar-refractivity contribution in [2.45, 2.75) is 155 Å². The zero-order valence-corrected chi connectivity index (χ0v) is 55.2. The number of aliphatic carboxylic acids is 8. The third kappa shape index (κ3) is 99.8. The fourth-order valence-corrected chi connectivity index (χ4v) is 6.03. The normalized spacial score (nSPS) is 9.55. The Morgan fingerprint density at radius 3 is 1.06 bits per heavy atom. The zero-order valence-electron chi connectivity index (χ0n) is 52.2. The van der Waals surface area contributed by atoms with Gasteiger partial charge in [-0.2, -0.15) is 5.26 Å². The third-order valence-corrected chi connectivity index (χ3v) is 10.2. The molecule has 0 spiro atoms. The molecule has 4 aromatic carbocycles. The van der Waals surface area contributed by atoms with Gasteiger partial charge in [-0.1, -0.05) is 199 Å². The minimum Gasteiger partial charge on any atom is -0.482 e. The van der Waals surface area contributed by atoms with Crippen molar-refractivity contribution < 1.29 is 162 Å². The van der Waals surface area contributed by atoms with Crippen molar-refractivity contribution >= 4 is 73.1 Å². The molecular formula is C62H88IO30P. The molecule has 0 aliphatic heterocycles. The van der Waals surface area contributed by atoms with Crippen molar-refractivity contribution in [1.29, 1.82) is 0 Å². The van der Waals surface area contributed by atoms with E-state index < -0.39 is 106 Å². The predicted molar refractivity (Wildman–Crippen MR) is 328 cm³/mol. The van der Waals surface area contributed by atoms with Crippen LogP contribution in [-0.4, -0.2) is 136 Å². The molecule has 0 saturated carbocycles. The largest absolute Gasteiger partial charge is 0.482 e. The molecule has 0 fully saturated rings. The number of carboxylic acids is 8. The van der Waals surface area contributed by atoms with Crippen LogP contribution in [0.2, 0.25) is 0 Å². The highest BCUT2D eigenvalue weighted by Crippen LogP contribution is 2.26. The maximum atomic E-state index is 10.7. The molecule has 0 bridgehead atoms. The Hall–Kier alpha value is -8.37. The first-order valence-electron chi connectivity index (χ1n) is 28.4. The van der Waals surface area contributed by atoms with Gasteiger partial charge in [0.05, 0.1) is 12.8 Å². The van der Waals surface area contributed by atoms with E-state index in [1.165, 1.54) is 70.6 Å². The number of aryl methyl sites for hydroxylation is 1. The van der Waals surface area contributed by atoms with Crippen LogP contribution in [0.4, 0.5) is 0 Å². The number of ketones is 2. The van der Waals surface area contributed by atoms with Gasteiger partial charge >= 0.3 is 81.6 Å². The second kappa shape index (κ2) is 66.1. The van der Waals surface area contributed by atoms with E-state index >= 15 is 0 Å². The molecule has 13 N–H and O–H groups in total. The van der Waals surface area contributed by atoms with Gasteiger partial charge in [0.1, 0.15) is 5.75 Å². The topological polar surface area (TPSA) is 555 Å². The number of hydrogen-bond donors (Lipinski definition) is 13. The van der Waals surface area contributed by atoms with E-state index in [0.717, 1.165) is 36.5 Å². The molecule has 94 heavy (non-hydrogen) atoms. The lowest BCUT2D eigenvalue weighted by atomic mass is 10.0. The molecule has 32 heteroatoms. The summed E-state index contributed by atoms with van der Waals surface area (Å²) in [6.45, 7) is 6.45. The number of benzene rings is 4. The summed E-state index contributed by atoms with van der Waals surface area (Å²) >= 11 is -5.69. The molecule has 0 unspecified atom stereocenters. The van der Waals surface area contributed by atoms with Gasteiger partial charge in [-0.3, -0.25) is 43.9 Å². The summed E-state index contributed by atoms with van der Waals surface area (Å²) in [6, 6.07) is 36.4. The number of carbonyl (C=O) groups is 11. The highest BCUT2D eigenvalue weighted by atomic mass is 127.